The van der Waals surface area contributed by atoms with Crippen molar-refractivity contribution in [3.8, 4) is 27.9 Å². The normalized spacial score (nSPS) is 14.3. The molecule has 0 unspecified atom stereocenters. The van der Waals surface area contributed by atoms with Crippen molar-refractivity contribution in [3.05, 3.63) is 125 Å². The largest absolute Gasteiger partial charge is 0.375 e. The lowest BCUT2D eigenvalue weighted by molar-refractivity contribution is 0.590. The van der Waals surface area contributed by atoms with Crippen LogP contribution in [-0.2, 0) is 27.1 Å². The van der Waals surface area contributed by atoms with Gasteiger partial charge in [-0.3, -0.25) is 0 Å². The van der Waals surface area contributed by atoms with Crippen LogP contribution in [0.3, 0.4) is 0 Å². The number of nitrogens with zero attached hydrogens (tertiary/aromatic N) is 2. The zero-order chi connectivity index (χ0) is 42.1. The van der Waals surface area contributed by atoms with Gasteiger partial charge in [-0.1, -0.05) is 146 Å². The molecule has 10 rings (SSSR count). The SMILES string of the molecule is CC(C)(C)c1ccc(-c2cc3c4c(c2)-n2c5ccc(C(C)(C)C)cc5c5cc(C(C)(C)C)cc(c52)B4n2c4ccc(C(C)(C)C)cc4c4cc(C(C)(C)C)cc-3c42)cc1. The Morgan fingerprint density at radius 3 is 1.41 bits per heavy atom. The van der Waals surface area contributed by atoms with E-state index in [0.717, 1.165) is 0 Å². The lowest BCUT2D eigenvalue weighted by Crippen LogP contribution is -2.55. The van der Waals surface area contributed by atoms with Crippen molar-refractivity contribution in [3.63, 3.8) is 0 Å². The van der Waals surface area contributed by atoms with Crippen LogP contribution >= 0.6 is 0 Å². The van der Waals surface area contributed by atoms with E-state index in [2.05, 4.69) is 210 Å². The summed E-state index contributed by atoms with van der Waals surface area (Å²) in [6.45, 7) is 35.2. The minimum atomic E-state index is -0.0309. The number of aromatic nitrogens is 2. The molecule has 2 aliphatic rings. The van der Waals surface area contributed by atoms with Crippen molar-refractivity contribution >= 4 is 61.4 Å². The molecule has 0 saturated heterocycles. The van der Waals surface area contributed by atoms with Crippen LogP contribution in [-0.4, -0.2) is 15.9 Å². The van der Waals surface area contributed by atoms with E-state index in [1.54, 1.807) is 0 Å². The Morgan fingerprint density at radius 2 is 0.847 bits per heavy atom. The van der Waals surface area contributed by atoms with Crippen molar-refractivity contribution in [1.29, 1.82) is 0 Å². The van der Waals surface area contributed by atoms with E-state index in [4.69, 9.17) is 0 Å². The summed E-state index contributed by atoms with van der Waals surface area (Å²) in [6, 6.07) is 39.3. The molecule has 2 aromatic heterocycles. The van der Waals surface area contributed by atoms with Crippen LogP contribution in [0.4, 0.5) is 0 Å². The maximum Gasteiger partial charge on any atom is 0.333 e. The fourth-order valence-electron chi connectivity index (χ4n) is 10.2. The first-order valence-electron chi connectivity index (χ1n) is 22.0. The van der Waals surface area contributed by atoms with Crippen LogP contribution < -0.4 is 10.9 Å². The molecule has 0 spiro atoms. The summed E-state index contributed by atoms with van der Waals surface area (Å²) < 4.78 is 5.41. The van der Waals surface area contributed by atoms with E-state index in [-0.39, 0.29) is 33.9 Å². The van der Waals surface area contributed by atoms with E-state index in [0.29, 0.717) is 0 Å². The molecular formula is C56H61BN2. The van der Waals surface area contributed by atoms with Crippen molar-refractivity contribution in [2.75, 3.05) is 0 Å². The van der Waals surface area contributed by atoms with Gasteiger partial charge in [-0.05, 0) is 137 Å². The fraction of sp³-hybridized carbons (Fsp3) is 0.357. The average molecular weight is 773 g/mol. The third kappa shape index (κ3) is 5.59. The van der Waals surface area contributed by atoms with Gasteiger partial charge in [0.15, 0.2) is 0 Å². The second-order valence-corrected chi connectivity index (χ2v) is 23.2. The summed E-state index contributed by atoms with van der Waals surface area (Å²) in [5.41, 5.74) is 21.6. The predicted octanol–water partition coefficient (Wildman–Crippen LogP) is 14.0. The van der Waals surface area contributed by atoms with Gasteiger partial charge in [-0.15, -0.1) is 0 Å². The zero-order valence-corrected chi connectivity index (χ0v) is 38.2. The second-order valence-electron chi connectivity index (χ2n) is 23.2. The third-order valence-corrected chi connectivity index (χ3v) is 13.9. The Kier molecular flexibility index (Phi) is 7.66. The van der Waals surface area contributed by atoms with E-state index in [1.165, 1.54) is 110 Å². The predicted molar refractivity (Wildman–Crippen MR) is 259 cm³/mol. The molecule has 0 atom stereocenters. The Labute approximate surface area is 352 Å². The second kappa shape index (κ2) is 11.8. The molecule has 0 saturated carbocycles. The van der Waals surface area contributed by atoms with Crippen LogP contribution in [0.1, 0.15) is 132 Å². The quantitative estimate of drug-likeness (QED) is 0.147. The summed E-state index contributed by atoms with van der Waals surface area (Å²) in [4.78, 5) is 0. The summed E-state index contributed by atoms with van der Waals surface area (Å²) >= 11 is 0. The van der Waals surface area contributed by atoms with Crippen LogP contribution in [0.25, 0.3) is 71.6 Å². The minimum absolute atomic E-state index is 0.00879. The Balaban J connectivity index is 1.43. The molecule has 0 bridgehead atoms. The lowest BCUT2D eigenvalue weighted by Gasteiger charge is -2.36. The topological polar surface area (TPSA) is 9.86 Å². The molecule has 0 amide bonds. The smallest absolute Gasteiger partial charge is 0.333 e. The molecule has 8 aromatic rings. The van der Waals surface area contributed by atoms with Crippen molar-refractivity contribution < 1.29 is 0 Å². The molecule has 0 aliphatic carbocycles. The molecule has 2 nitrogen and oxygen atoms in total. The van der Waals surface area contributed by atoms with Gasteiger partial charge < -0.3 is 9.05 Å². The van der Waals surface area contributed by atoms with Gasteiger partial charge in [0, 0.05) is 43.8 Å². The van der Waals surface area contributed by atoms with Gasteiger partial charge in [-0.2, -0.15) is 0 Å². The Bertz CT molecular complexity index is 3090. The molecule has 0 N–H and O–H groups in total. The average Bonchev–Trinajstić information content (AvgIpc) is 3.66. The van der Waals surface area contributed by atoms with Crippen molar-refractivity contribution in [1.82, 2.24) is 9.05 Å². The summed E-state index contributed by atoms with van der Waals surface area (Å²) in [5.74, 6) is 0. The molecular weight excluding hydrogens is 711 g/mol. The molecule has 3 heteroatoms. The van der Waals surface area contributed by atoms with Gasteiger partial charge >= 0.3 is 6.85 Å². The highest BCUT2D eigenvalue weighted by molar-refractivity contribution is 6.90. The van der Waals surface area contributed by atoms with E-state index in [9.17, 15) is 0 Å². The summed E-state index contributed by atoms with van der Waals surface area (Å²) in [6.07, 6.45) is 0. The molecule has 298 valence electrons. The first-order chi connectivity index (χ1) is 27.4. The number of hydrogen-bond acceptors (Lipinski definition) is 0. The maximum atomic E-state index is 2.76. The molecule has 6 aromatic carbocycles. The van der Waals surface area contributed by atoms with Gasteiger partial charge in [0.05, 0.1) is 11.0 Å². The van der Waals surface area contributed by atoms with Crippen molar-refractivity contribution in [2.24, 2.45) is 0 Å². The maximum absolute atomic E-state index is 2.76. The molecule has 4 heterocycles. The molecule has 59 heavy (non-hydrogen) atoms. The molecule has 2 aliphatic heterocycles. The van der Waals surface area contributed by atoms with Gasteiger partial charge in [0.25, 0.3) is 0 Å². The van der Waals surface area contributed by atoms with Crippen molar-refractivity contribution in [2.45, 2.75) is 131 Å². The van der Waals surface area contributed by atoms with Gasteiger partial charge in [-0.25, -0.2) is 0 Å². The van der Waals surface area contributed by atoms with Gasteiger partial charge in [0.2, 0.25) is 0 Å². The number of fused-ring (bicyclic) bond motifs is 10. The molecule has 0 radical (unpaired) electrons. The van der Waals surface area contributed by atoms with Crippen LogP contribution in [0.2, 0.25) is 0 Å². The van der Waals surface area contributed by atoms with Gasteiger partial charge in [0.1, 0.15) is 0 Å². The number of rotatable bonds is 1. The first kappa shape index (κ1) is 38.2. The first-order valence-corrected chi connectivity index (χ1v) is 22.0. The fourth-order valence-corrected chi connectivity index (χ4v) is 10.2. The van der Waals surface area contributed by atoms with E-state index >= 15 is 0 Å². The summed E-state index contributed by atoms with van der Waals surface area (Å²) in [7, 11) is 0. The minimum Gasteiger partial charge on any atom is -0.375 e. The zero-order valence-electron chi connectivity index (χ0n) is 38.2. The Morgan fingerprint density at radius 1 is 0.373 bits per heavy atom. The lowest BCUT2D eigenvalue weighted by atomic mass is 9.45. The van der Waals surface area contributed by atoms with Crippen LogP contribution in [0.5, 0.6) is 0 Å². The monoisotopic (exact) mass is 772 g/mol. The highest BCUT2D eigenvalue weighted by Crippen LogP contribution is 2.47. The van der Waals surface area contributed by atoms with E-state index < -0.39 is 0 Å². The standard InChI is InChI=1S/C56H61BN2/c1-52(2,3)34-18-16-32(17-19-34)33-24-41-44-29-37(55(10,11)12)28-42-40-27-36(54(7,8)9)21-23-47(40)59(50(42)44)57-45-31-38(56(13,14)15)30-43-39-26-35(53(4,5)6)20-22-46(39)58(51(43)45)48(25-33)49(41)57/h16-31H,1-15H3. The number of benzene rings is 6. The van der Waals surface area contributed by atoms with Crippen LogP contribution in [0.15, 0.2) is 97.1 Å². The Hall–Kier alpha value is -5.02. The number of hydrogen-bond donors (Lipinski definition) is 0. The highest BCUT2D eigenvalue weighted by Gasteiger charge is 2.43. The summed E-state index contributed by atoms with van der Waals surface area (Å²) in [5, 5.41) is 5.43. The van der Waals surface area contributed by atoms with E-state index in [1.807, 2.05) is 0 Å². The van der Waals surface area contributed by atoms with Crippen LogP contribution in [0, 0.1) is 0 Å². The third-order valence-electron chi connectivity index (χ3n) is 13.9. The molecule has 0 fully saturated rings. The highest BCUT2D eigenvalue weighted by atomic mass is 15.0.